The van der Waals surface area contributed by atoms with Gasteiger partial charge >= 0.3 is 0 Å². The van der Waals surface area contributed by atoms with E-state index in [4.69, 9.17) is 11.6 Å². The van der Waals surface area contributed by atoms with E-state index in [0.29, 0.717) is 22.6 Å². The van der Waals surface area contributed by atoms with Crippen LogP contribution in [-0.4, -0.2) is 42.8 Å². The predicted octanol–water partition coefficient (Wildman–Crippen LogP) is 3.70. The molecule has 0 spiro atoms. The van der Waals surface area contributed by atoms with Crippen molar-refractivity contribution in [1.82, 2.24) is 15.5 Å². The first-order valence-corrected chi connectivity index (χ1v) is 10.9. The number of halogens is 1. The van der Waals surface area contributed by atoms with Crippen molar-refractivity contribution in [1.29, 1.82) is 0 Å². The third-order valence-corrected chi connectivity index (χ3v) is 5.34. The normalized spacial score (nSPS) is 11.4. The molecule has 0 saturated carbocycles. The van der Waals surface area contributed by atoms with Crippen LogP contribution in [0.15, 0.2) is 78.9 Å². The van der Waals surface area contributed by atoms with Crippen molar-refractivity contribution in [2.24, 2.45) is 0 Å². The Morgan fingerprint density at radius 3 is 2.03 bits per heavy atom. The van der Waals surface area contributed by atoms with Crippen molar-refractivity contribution in [2.45, 2.75) is 19.0 Å². The van der Waals surface area contributed by atoms with Gasteiger partial charge in [-0.1, -0.05) is 54.1 Å². The molecule has 170 valence electrons. The van der Waals surface area contributed by atoms with Gasteiger partial charge in [0.15, 0.2) is 0 Å². The van der Waals surface area contributed by atoms with Gasteiger partial charge in [-0.3, -0.25) is 14.4 Å². The molecular formula is C26H26ClN3O3. The number of nitrogens with one attached hydrogen (secondary N) is 2. The summed E-state index contributed by atoms with van der Waals surface area (Å²) in [6, 6.07) is 22.3. The summed E-state index contributed by atoms with van der Waals surface area (Å²) >= 11 is 5.90. The van der Waals surface area contributed by atoms with E-state index >= 15 is 0 Å². The third-order valence-electron chi connectivity index (χ3n) is 5.08. The average Bonchev–Trinajstić information content (AvgIpc) is 2.83. The highest BCUT2D eigenvalue weighted by molar-refractivity contribution is 6.30. The first-order valence-electron chi connectivity index (χ1n) is 10.5. The number of rotatable bonds is 8. The maximum absolute atomic E-state index is 13.0. The Bertz CT molecular complexity index is 1100. The van der Waals surface area contributed by atoms with Crippen molar-refractivity contribution in [2.75, 3.05) is 14.1 Å². The van der Waals surface area contributed by atoms with Crippen molar-refractivity contribution < 1.29 is 14.4 Å². The second-order valence-electron chi connectivity index (χ2n) is 7.84. The zero-order valence-electron chi connectivity index (χ0n) is 18.5. The summed E-state index contributed by atoms with van der Waals surface area (Å²) in [5.74, 6) is -0.734. The molecule has 0 aliphatic heterocycles. The fraction of sp³-hybridized carbons (Fsp3) is 0.192. The smallest absolute Gasteiger partial charge is 0.253 e. The summed E-state index contributed by atoms with van der Waals surface area (Å²) in [7, 11) is 3.39. The van der Waals surface area contributed by atoms with Crippen LogP contribution in [0.1, 0.15) is 31.8 Å². The van der Waals surface area contributed by atoms with Crippen molar-refractivity contribution in [3.05, 3.63) is 106 Å². The standard InChI is InChI=1S/C26H26ClN3O3/c1-30(2)26(33)21-10-8-19(9-11-21)17-28-25(32)23(16-18-6-4-3-5-7-18)29-24(31)20-12-14-22(27)15-13-20/h3-15,23H,16-17H2,1-2H3,(H,28,32)(H,29,31). The van der Waals surface area contributed by atoms with E-state index in [2.05, 4.69) is 10.6 Å². The lowest BCUT2D eigenvalue weighted by Crippen LogP contribution is -2.47. The quantitative estimate of drug-likeness (QED) is 0.534. The van der Waals surface area contributed by atoms with Crippen LogP contribution in [0.4, 0.5) is 0 Å². The lowest BCUT2D eigenvalue weighted by atomic mass is 10.0. The molecule has 2 N–H and O–H groups in total. The molecule has 1 unspecified atom stereocenters. The molecule has 0 saturated heterocycles. The molecule has 0 radical (unpaired) electrons. The lowest BCUT2D eigenvalue weighted by Gasteiger charge is -2.19. The van der Waals surface area contributed by atoms with Gasteiger partial charge in [-0.05, 0) is 47.5 Å². The molecule has 0 fully saturated rings. The second-order valence-corrected chi connectivity index (χ2v) is 8.27. The topological polar surface area (TPSA) is 78.5 Å². The van der Waals surface area contributed by atoms with Crippen LogP contribution >= 0.6 is 11.6 Å². The van der Waals surface area contributed by atoms with E-state index in [0.717, 1.165) is 11.1 Å². The van der Waals surface area contributed by atoms with Crippen LogP contribution in [0, 0.1) is 0 Å². The molecule has 0 aliphatic rings. The van der Waals surface area contributed by atoms with E-state index in [1.807, 2.05) is 30.3 Å². The maximum atomic E-state index is 13.0. The third kappa shape index (κ3) is 6.92. The molecule has 0 heterocycles. The minimum absolute atomic E-state index is 0.0848. The van der Waals surface area contributed by atoms with Crippen LogP contribution in [0.2, 0.25) is 5.02 Å². The minimum atomic E-state index is -0.759. The highest BCUT2D eigenvalue weighted by Crippen LogP contribution is 2.11. The first kappa shape index (κ1) is 24.0. The number of amides is 3. The molecule has 3 aromatic carbocycles. The van der Waals surface area contributed by atoms with Crippen LogP contribution in [0.5, 0.6) is 0 Å². The highest BCUT2D eigenvalue weighted by atomic mass is 35.5. The Labute approximate surface area is 198 Å². The molecule has 33 heavy (non-hydrogen) atoms. The van der Waals surface area contributed by atoms with Gasteiger partial charge in [0.2, 0.25) is 5.91 Å². The molecule has 7 heteroatoms. The molecule has 6 nitrogen and oxygen atoms in total. The summed E-state index contributed by atoms with van der Waals surface area (Å²) in [6.07, 6.45) is 0.349. The van der Waals surface area contributed by atoms with Crippen LogP contribution in [0.25, 0.3) is 0 Å². The number of hydrogen-bond acceptors (Lipinski definition) is 3. The Hall–Kier alpha value is -3.64. The van der Waals surface area contributed by atoms with Crippen molar-refractivity contribution in [3.63, 3.8) is 0 Å². The average molecular weight is 464 g/mol. The van der Waals surface area contributed by atoms with Gasteiger partial charge in [0.25, 0.3) is 11.8 Å². The monoisotopic (exact) mass is 463 g/mol. The fourth-order valence-corrected chi connectivity index (χ4v) is 3.36. The second kappa shape index (κ2) is 11.3. The van der Waals surface area contributed by atoms with E-state index in [1.165, 1.54) is 4.90 Å². The Morgan fingerprint density at radius 1 is 0.818 bits per heavy atom. The summed E-state index contributed by atoms with van der Waals surface area (Å²) in [5, 5.41) is 6.25. The van der Waals surface area contributed by atoms with E-state index in [9.17, 15) is 14.4 Å². The van der Waals surface area contributed by atoms with Gasteiger partial charge in [-0.2, -0.15) is 0 Å². The van der Waals surface area contributed by atoms with Gasteiger partial charge < -0.3 is 15.5 Å². The maximum Gasteiger partial charge on any atom is 0.253 e. The van der Waals surface area contributed by atoms with E-state index in [-0.39, 0.29) is 24.3 Å². The van der Waals surface area contributed by atoms with Crippen molar-refractivity contribution >= 4 is 29.3 Å². The Morgan fingerprint density at radius 2 is 1.42 bits per heavy atom. The molecule has 0 aliphatic carbocycles. The largest absolute Gasteiger partial charge is 0.350 e. The summed E-state index contributed by atoms with van der Waals surface area (Å²) in [4.78, 5) is 39.3. The van der Waals surface area contributed by atoms with Gasteiger partial charge in [0.05, 0.1) is 0 Å². The number of carbonyl (C=O) groups is 3. The zero-order chi connectivity index (χ0) is 23.8. The van der Waals surface area contributed by atoms with E-state index in [1.54, 1.807) is 62.6 Å². The summed E-state index contributed by atoms with van der Waals surface area (Å²) < 4.78 is 0. The predicted molar refractivity (Wildman–Crippen MR) is 129 cm³/mol. The number of hydrogen-bond donors (Lipinski definition) is 2. The van der Waals surface area contributed by atoms with Crippen LogP contribution in [0.3, 0.4) is 0 Å². The lowest BCUT2D eigenvalue weighted by molar-refractivity contribution is -0.123. The SMILES string of the molecule is CN(C)C(=O)c1ccc(CNC(=O)C(Cc2ccccc2)NC(=O)c2ccc(Cl)cc2)cc1. The summed E-state index contributed by atoms with van der Waals surface area (Å²) in [6.45, 7) is 0.275. The molecule has 0 aromatic heterocycles. The van der Waals surface area contributed by atoms with E-state index < -0.39 is 6.04 Å². The first-order chi connectivity index (χ1) is 15.8. The van der Waals surface area contributed by atoms with Gasteiger partial charge in [0.1, 0.15) is 6.04 Å². The van der Waals surface area contributed by atoms with Gasteiger partial charge in [0, 0.05) is 43.2 Å². The number of carbonyl (C=O) groups excluding carboxylic acids is 3. The van der Waals surface area contributed by atoms with Gasteiger partial charge in [-0.25, -0.2) is 0 Å². The van der Waals surface area contributed by atoms with Gasteiger partial charge in [-0.15, -0.1) is 0 Å². The molecule has 3 amide bonds. The van der Waals surface area contributed by atoms with Crippen LogP contribution < -0.4 is 10.6 Å². The molecule has 3 rings (SSSR count). The Balaban J connectivity index is 1.68. The highest BCUT2D eigenvalue weighted by Gasteiger charge is 2.22. The Kier molecular flexibility index (Phi) is 8.22. The molecular weight excluding hydrogens is 438 g/mol. The molecule has 3 aromatic rings. The molecule has 1 atom stereocenters. The summed E-state index contributed by atoms with van der Waals surface area (Å²) in [5.41, 5.74) is 2.78. The number of nitrogens with zero attached hydrogens (tertiary/aromatic N) is 1. The number of benzene rings is 3. The van der Waals surface area contributed by atoms with Crippen molar-refractivity contribution in [3.8, 4) is 0 Å². The molecule has 0 bridgehead atoms. The minimum Gasteiger partial charge on any atom is -0.350 e. The van der Waals surface area contributed by atoms with Crippen LogP contribution in [-0.2, 0) is 17.8 Å². The zero-order valence-corrected chi connectivity index (χ0v) is 19.3. The fourth-order valence-electron chi connectivity index (χ4n) is 3.24.